The third-order valence-electron chi connectivity index (χ3n) is 4.71. The van der Waals surface area contributed by atoms with Crippen LogP contribution in [0.4, 0.5) is 0 Å². The Morgan fingerprint density at radius 2 is 1.52 bits per heavy atom. The van der Waals surface area contributed by atoms with Crippen molar-refractivity contribution in [3.05, 3.63) is 53.1 Å². The number of methoxy groups -OCH3 is 2. The van der Waals surface area contributed by atoms with Gasteiger partial charge in [-0.1, -0.05) is 13.0 Å². The average Bonchev–Trinajstić information content (AvgIpc) is 2.91. The minimum atomic E-state index is -0.177. The van der Waals surface area contributed by atoms with Crippen LogP contribution in [0.1, 0.15) is 31.1 Å². The second-order valence-electron chi connectivity index (χ2n) is 6.16. The maximum Gasteiger partial charge on any atom is 0.161 e. The molecule has 25 heavy (non-hydrogen) atoms. The molecule has 0 aliphatic carbocycles. The number of aromatic hydroxyl groups is 2. The van der Waals surface area contributed by atoms with Crippen LogP contribution in [0.15, 0.2) is 42.0 Å². The molecule has 0 fully saturated rings. The number of hydrogen-bond donors (Lipinski definition) is 2. The van der Waals surface area contributed by atoms with Gasteiger partial charge >= 0.3 is 0 Å². The Kier molecular flexibility index (Phi) is 4.49. The number of phenolic OH excluding ortho intramolecular Hbond substituents is 2. The molecule has 0 bridgehead atoms. The zero-order valence-electron chi connectivity index (χ0n) is 14.7. The summed E-state index contributed by atoms with van der Waals surface area (Å²) in [7, 11) is 3.04. The van der Waals surface area contributed by atoms with Gasteiger partial charge in [0.15, 0.2) is 23.0 Å². The molecule has 1 aliphatic heterocycles. The SMILES string of the molecule is COc1cc(C2=C(C)C(C)C(c3ccc(O)c(OC)c3)O2)ccc1O. The van der Waals surface area contributed by atoms with E-state index >= 15 is 0 Å². The van der Waals surface area contributed by atoms with E-state index in [4.69, 9.17) is 14.2 Å². The summed E-state index contributed by atoms with van der Waals surface area (Å²) in [6.45, 7) is 4.14. The first-order chi connectivity index (χ1) is 12.0. The Labute approximate surface area is 147 Å². The van der Waals surface area contributed by atoms with Gasteiger partial charge in [0, 0.05) is 11.5 Å². The monoisotopic (exact) mass is 342 g/mol. The highest BCUT2D eigenvalue weighted by Gasteiger charge is 2.33. The molecule has 3 rings (SSSR count). The summed E-state index contributed by atoms with van der Waals surface area (Å²) in [5.74, 6) is 1.96. The van der Waals surface area contributed by atoms with E-state index in [1.807, 2.05) is 19.1 Å². The lowest BCUT2D eigenvalue weighted by Crippen LogP contribution is -2.06. The van der Waals surface area contributed by atoms with Crippen molar-refractivity contribution in [2.75, 3.05) is 14.2 Å². The van der Waals surface area contributed by atoms with Gasteiger partial charge in [0.1, 0.15) is 11.9 Å². The lowest BCUT2D eigenvalue weighted by Gasteiger charge is -2.19. The second-order valence-corrected chi connectivity index (χ2v) is 6.16. The predicted molar refractivity (Wildman–Crippen MR) is 94.9 cm³/mol. The van der Waals surface area contributed by atoms with Gasteiger partial charge in [-0.15, -0.1) is 0 Å². The van der Waals surface area contributed by atoms with Crippen LogP contribution < -0.4 is 9.47 Å². The largest absolute Gasteiger partial charge is 0.504 e. The predicted octanol–water partition coefficient (Wildman–Crippen LogP) is 4.25. The molecule has 2 aromatic rings. The number of ether oxygens (including phenoxy) is 3. The zero-order chi connectivity index (χ0) is 18.1. The van der Waals surface area contributed by atoms with E-state index in [2.05, 4.69) is 6.92 Å². The Bertz CT molecular complexity index is 825. The molecule has 2 atom stereocenters. The van der Waals surface area contributed by atoms with Crippen molar-refractivity contribution in [3.63, 3.8) is 0 Å². The van der Waals surface area contributed by atoms with Crippen LogP contribution in [-0.4, -0.2) is 24.4 Å². The topological polar surface area (TPSA) is 68.2 Å². The number of benzene rings is 2. The van der Waals surface area contributed by atoms with E-state index in [9.17, 15) is 10.2 Å². The summed E-state index contributed by atoms with van der Waals surface area (Å²) in [6.07, 6.45) is -0.177. The molecule has 0 spiro atoms. The Morgan fingerprint density at radius 3 is 2.16 bits per heavy atom. The summed E-state index contributed by atoms with van der Waals surface area (Å²) in [5.41, 5.74) is 2.90. The van der Waals surface area contributed by atoms with Crippen molar-refractivity contribution in [1.82, 2.24) is 0 Å². The van der Waals surface area contributed by atoms with Gasteiger partial charge in [-0.3, -0.25) is 0 Å². The average molecular weight is 342 g/mol. The van der Waals surface area contributed by atoms with E-state index < -0.39 is 0 Å². The molecule has 0 radical (unpaired) electrons. The van der Waals surface area contributed by atoms with Crippen molar-refractivity contribution in [1.29, 1.82) is 0 Å². The third-order valence-corrected chi connectivity index (χ3v) is 4.71. The molecule has 0 aromatic heterocycles. The summed E-state index contributed by atoms with van der Waals surface area (Å²) in [6, 6.07) is 10.4. The maximum atomic E-state index is 9.80. The van der Waals surface area contributed by atoms with Crippen LogP contribution in [0.3, 0.4) is 0 Å². The Balaban J connectivity index is 1.94. The van der Waals surface area contributed by atoms with Gasteiger partial charge in [-0.05, 0) is 48.4 Å². The van der Waals surface area contributed by atoms with Gasteiger partial charge in [0.05, 0.1) is 14.2 Å². The van der Waals surface area contributed by atoms with Gasteiger partial charge in [0.25, 0.3) is 0 Å². The molecule has 5 heteroatoms. The highest BCUT2D eigenvalue weighted by atomic mass is 16.5. The first-order valence-electron chi connectivity index (χ1n) is 8.08. The van der Waals surface area contributed by atoms with Crippen molar-refractivity contribution in [2.24, 2.45) is 5.92 Å². The van der Waals surface area contributed by atoms with E-state index in [0.29, 0.717) is 11.5 Å². The molecule has 5 nitrogen and oxygen atoms in total. The van der Waals surface area contributed by atoms with Crippen LogP contribution >= 0.6 is 0 Å². The van der Waals surface area contributed by atoms with E-state index in [1.165, 1.54) is 14.2 Å². The third kappa shape index (κ3) is 2.97. The van der Waals surface area contributed by atoms with Crippen molar-refractivity contribution in [2.45, 2.75) is 20.0 Å². The van der Waals surface area contributed by atoms with Crippen LogP contribution in [0.5, 0.6) is 23.0 Å². The molecule has 132 valence electrons. The number of phenols is 2. The fourth-order valence-electron chi connectivity index (χ4n) is 3.10. The fourth-order valence-corrected chi connectivity index (χ4v) is 3.10. The standard InChI is InChI=1S/C20H22O5/c1-11-12(2)20(14-6-8-16(22)18(10-14)24-4)25-19(11)13-5-7-15(21)17(9-13)23-3/h5-11,19,21-22H,1-4H3. The van der Waals surface area contributed by atoms with Crippen molar-refractivity contribution in [3.8, 4) is 23.0 Å². The van der Waals surface area contributed by atoms with E-state index in [1.54, 1.807) is 24.3 Å². The van der Waals surface area contributed by atoms with E-state index in [0.717, 1.165) is 22.5 Å². The Morgan fingerprint density at radius 1 is 0.920 bits per heavy atom. The molecule has 2 N–H and O–H groups in total. The van der Waals surface area contributed by atoms with Gasteiger partial charge in [-0.25, -0.2) is 0 Å². The van der Waals surface area contributed by atoms with Crippen LogP contribution in [0, 0.1) is 5.92 Å². The van der Waals surface area contributed by atoms with E-state index in [-0.39, 0.29) is 23.5 Å². The van der Waals surface area contributed by atoms with Crippen molar-refractivity contribution < 1.29 is 24.4 Å². The minimum Gasteiger partial charge on any atom is -0.504 e. The summed E-state index contributed by atoms with van der Waals surface area (Å²) >= 11 is 0. The van der Waals surface area contributed by atoms with Crippen LogP contribution in [-0.2, 0) is 4.74 Å². The molecule has 2 aromatic carbocycles. The lowest BCUT2D eigenvalue weighted by atomic mass is 9.92. The van der Waals surface area contributed by atoms with Gasteiger partial charge in [-0.2, -0.15) is 0 Å². The highest BCUT2D eigenvalue weighted by Crippen LogP contribution is 2.46. The summed E-state index contributed by atoms with van der Waals surface area (Å²) < 4.78 is 16.6. The Hall–Kier alpha value is -2.82. The van der Waals surface area contributed by atoms with Crippen molar-refractivity contribution >= 4 is 5.76 Å². The molecular formula is C20H22O5. The van der Waals surface area contributed by atoms with Gasteiger partial charge in [0.2, 0.25) is 0 Å². The molecule has 2 unspecified atom stereocenters. The molecule has 0 amide bonds. The maximum absolute atomic E-state index is 9.80. The summed E-state index contributed by atoms with van der Waals surface area (Å²) in [4.78, 5) is 0. The molecule has 1 aliphatic rings. The lowest BCUT2D eigenvalue weighted by molar-refractivity contribution is 0.159. The molecular weight excluding hydrogens is 320 g/mol. The first kappa shape index (κ1) is 17.0. The second kappa shape index (κ2) is 6.59. The number of hydrogen-bond acceptors (Lipinski definition) is 5. The quantitative estimate of drug-likeness (QED) is 0.869. The van der Waals surface area contributed by atoms with Gasteiger partial charge < -0.3 is 24.4 Å². The molecule has 0 saturated carbocycles. The highest BCUT2D eigenvalue weighted by molar-refractivity contribution is 5.68. The normalized spacial score (nSPS) is 19.7. The van der Waals surface area contributed by atoms with Crippen LogP contribution in [0.25, 0.3) is 5.76 Å². The fraction of sp³-hybridized carbons (Fsp3) is 0.300. The number of rotatable bonds is 4. The zero-order valence-corrected chi connectivity index (χ0v) is 14.7. The molecule has 1 heterocycles. The smallest absolute Gasteiger partial charge is 0.161 e. The first-order valence-corrected chi connectivity index (χ1v) is 8.08. The minimum absolute atomic E-state index is 0.0929. The summed E-state index contributed by atoms with van der Waals surface area (Å²) in [5, 5.41) is 19.6. The molecule has 0 saturated heterocycles. The van der Waals surface area contributed by atoms with Crippen LogP contribution in [0.2, 0.25) is 0 Å².